The number of ether oxygens (including phenoxy) is 1. The van der Waals surface area contributed by atoms with Gasteiger partial charge in [0.15, 0.2) is 0 Å². The smallest absolute Gasteiger partial charge is 0.406 e. The highest BCUT2D eigenvalue weighted by Crippen LogP contribution is 2.39. The highest BCUT2D eigenvalue weighted by atomic mass is 35.5. The van der Waals surface area contributed by atoms with Crippen LogP contribution in [0.5, 0.6) is 5.75 Å². The first-order chi connectivity index (χ1) is 13.1. The summed E-state index contributed by atoms with van der Waals surface area (Å²) in [5.41, 5.74) is 0.138. The molecular formula is C18H14ClF3N2O3S. The summed E-state index contributed by atoms with van der Waals surface area (Å²) >= 11 is 7.33. The number of hydrogen-bond acceptors (Lipinski definition) is 4. The minimum Gasteiger partial charge on any atom is -0.406 e. The summed E-state index contributed by atoms with van der Waals surface area (Å²) < 4.78 is 41.2. The van der Waals surface area contributed by atoms with E-state index in [1.807, 2.05) is 0 Å². The topological polar surface area (TPSA) is 58.6 Å². The third-order valence-corrected chi connectivity index (χ3v) is 6.32. The molecule has 0 saturated carbocycles. The maximum atomic E-state index is 12.7. The van der Waals surface area contributed by atoms with Crippen molar-refractivity contribution in [1.29, 1.82) is 0 Å². The normalized spacial score (nSPS) is 18.1. The molecule has 2 aliphatic rings. The van der Waals surface area contributed by atoms with E-state index in [4.69, 9.17) is 11.6 Å². The van der Waals surface area contributed by atoms with Crippen LogP contribution < -0.4 is 10.1 Å². The Bertz CT molecular complexity index is 954. The van der Waals surface area contributed by atoms with Gasteiger partial charge in [0, 0.05) is 24.4 Å². The van der Waals surface area contributed by atoms with Gasteiger partial charge in [-0.15, -0.1) is 24.5 Å². The number of rotatable bonds is 3. The summed E-state index contributed by atoms with van der Waals surface area (Å²) in [5.74, 6) is -0.607. The third-order valence-electron chi connectivity index (χ3n) is 4.74. The van der Waals surface area contributed by atoms with Gasteiger partial charge in [0.05, 0.1) is 10.6 Å². The first-order valence-electron chi connectivity index (χ1n) is 8.40. The molecule has 2 aromatic rings. The molecule has 4 rings (SSSR count). The lowest BCUT2D eigenvalue weighted by Crippen LogP contribution is -2.68. The van der Waals surface area contributed by atoms with Gasteiger partial charge in [-0.2, -0.15) is 0 Å². The van der Waals surface area contributed by atoms with Crippen LogP contribution in [0.15, 0.2) is 30.3 Å². The van der Waals surface area contributed by atoms with Crippen molar-refractivity contribution in [2.45, 2.75) is 24.7 Å². The van der Waals surface area contributed by atoms with Crippen molar-refractivity contribution >= 4 is 34.8 Å². The molecule has 28 heavy (non-hydrogen) atoms. The fourth-order valence-corrected chi connectivity index (χ4v) is 4.87. The van der Waals surface area contributed by atoms with Crippen molar-refractivity contribution in [2.24, 2.45) is 0 Å². The van der Waals surface area contributed by atoms with Crippen LogP contribution in [-0.4, -0.2) is 41.7 Å². The average molecular weight is 431 g/mol. The summed E-state index contributed by atoms with van der Waals surface area (Å²) in [7, 11) is 0. The Morgan fingerprint density at radius 3 is 2.68 bits per heavy atom. The number of likely N-dealkylation sites (tertiary alicyclic amines) is 1. The molecule has 2 aliphatic heterocycles. The van der Waals surface area contributed by atoms with Gasteiger partial charge in [-0.25, -0.2) is 0 Å². The van der Waals surface area contributed by atoms with E-state index in [0.717, 1.165) is 11.3 Å². The van der Waals surface area contributed by atoms with Crippen molar-refractivity contribution in [3.8, 4) is 16.2 Å². The highest BCUT2D eigenvalue weighted by molar-refractivity contribution is 7.18. The number of thiophene rings is 1. The van der Waals surface area contributed by atoms with Crippen molar-refractivity contribution in [3.05, 3.63) is 40.2 Å². The second-order valence-corrected chi connectivity index (χ2v) is 8.31. The molecule has 2 fully saturated rings. The van der Waals surface area contributed by atoms with Crippen LogP contribution >= 0.6 is 22.9 Å². The van der Waals surface area contributed by atoms with Crippen LogP contribution in [0.1, 0.15) is 22.5 Å². The summed E-state index contributed by atoms with van der Waals surface area (Å²) in [5, 5.41) is 3.14. The summed E-state index contributed by atoms with van der Waals surface area (Å²) in [6.45, 7) is 0.853. The van der Waals surface area contributed by atoms with E-state index in [1.54, 1.807) is 17.0 Å². The number of carbonyl (C=O) groups is 2. The van der Waals surface area contributed by atoms with Gasteiger partial charge in [-0.05, 0) is 30.2 Å². The van der Waals surface area contributed by atoms with Crippen LogP contribution in [0.4, 0.5) is 13.2 Å². The summed E-state index contributed by atoms with van der Waals surface area (Å²) in [4.78, 5) is 26.6. The number of hydrogen-bond donors (Lipinski definition) is 1. The fourth-order valence-electron chi connectivity index (χ4n) is 3.49. The Kier molecular flexibility index (Phi) is 4.54. The number of halogens is 4. The molecule has 0 bridgehead atoms. The van der Waals surface area contributed by atoms with E-state index in [-0.39, 0.29) is 28.1 Å². The minimum absolute atomic E-state index is 0.00972. The first-order valence-corrected chi connectivity index (χ1v) is 9.59. The third kappa shape index (κ3) is 3.68. The van der Waals surface area contributed by atoms with Crippen LogP contribution in [0.2, 0.25) is 5.02 Å². The van der Waals surface area contributed by atoms with Gasteiger partial charge in [-0.1, -0.05) is 23.7 Å². The van der Waals surface area contributed by atoms with Gasteiger partial charge in [0.2, 0.25) is 5.91 Å². The fraction of sp³-hybridized carbons (Fsp3) is 0.333. The second kappa shape index (κ2) is 6.66. The molecule has 0 unspecified atom stereocenters. The van der Waals surface area contributed by atoms with Crippen molar-refractivity contribution in [2.75, 3.05) is 13.1 Å². The zero-order valence-electron chi connectivity index (χ0n) is 14.3. The van der Waals surface area contributed by atoms with Gasteiger partial charge in [0.25, 0.3) is 5.91 Å². The molecule has 1 N–H and O–H groups in total. The van der Waals surface area contributed by atoms with Crippen LogP contribution in [0.3, 0.4) is 0 Å². The maximum absolute atomic E-state index is 12.7. The lowest BCUT2D eigenvalue weighted by Gasteiger charge is -2.47. The monoisotopic (exact) mass is 430 g/mol. The number of nitrogens with zero attached hydrogens (tertiary/aromatic N) is 1. The van der Waals surface area contributed by atoms with Crippen molar-refractivity contribution in [3.63, 3.8) is 0 Å². The van der Waals surface area contributed by atoms with E-state index in [2.05, 4.69) is 10.1 Å². The molecule has 2 amide bonds. The number of benzene rings is 1. The first kappa shape index (κ1) is 19.1. The van der Waals surface area contributed by atoms with Gasteiger partial charge < -0.3 is 15.0 Å². The number of nitrogens with one attached hydrogen (secondary N) is 1. The molecule has 1 aromatic carbocycles. The summed E-state index contributed by atoms with van der Waals surface area (Å²) in [6.07, 6.45) is -3.62. The van der Waals surface area contributed by atoms with Gasteiger partial charge >= 0.3 is 6.36 Å². The molecule has 0 radical (unpaired) electrons. The molecule has 1 spiro atoms. The zero-order valence-corrected chi connectivity index (χ0v) is 15.9. The maximum Gasteiger partial charge on any atom is 0.573 e. The quantitative estimate of drug-likeness (QED) is 0.798. The lowest BCUT2D eigenvalue weighted by molar-refractivity contribution is -0.274. The molecule has 10 heteroatoms. The van der Waals surface area contributed by atoms with E-state index in [1.165, 1.54) is 18.2 Å². The Hall–Kier alpha value is -2.26. The number of alkyl halides is 3. The second-order valence-electron chi connectivity index (χ2n) is 6.85. The Balaban J connectivity index is 1.51. The van der Waals surface area contributed by atoms with Gasteiger partial charge in [0.1, 0.15) is 10.6 Å². The van der Waals surface area contributed by atoms with E-state index < -0.39 is 6.36 Å². The molecule has 2 saturated heterocycles. The SMILES string of the molecule is O=C1CCC2(CN(C(=O)c3sc(-c4cccc(OC(F)(F)F)c4)cc3Cl)C2)N1. The average Bonchev–Trinajstić information content (AvgIpc) is 3.15. The van der Waals surface area contributed by atoms with Crippen LogP contribution in [-0.2, 0) is 4.79 Å². The van der Waals surface area contributed by atoms with Crippen molar-refractivity contribution < 1.29 is 27.5 Å². The summed E-state index contributed by atoms with van der Waals surface area (Å²) in [6, 6.07) is 7.06. The van der Waals surface area contributed by atoms with E-state index in [9.17, 15) is 22.8 Å². The number of carbonyl (C=O) groups excluding carboxylic acids is 2. The molecule has 1 aromatic heterocycles. The molecule has 0 aliphatic carbocycles. The Morgan fingerprint density at radius 1 is 1.29 bits per heavy atom. The molecule has 3 heterocycles. The Morgan fingerprint density at radius 2 is 2.04 bits per heavy atom. The lowest BCUT2D eigenvalue weighted by atomic mass is 9.88. The molecule has 5 nitrogen and oxygen atoms in total. The predicted molar refractivity (Wildman–Crippen MR) is 97.5 cm³/mol. The largest absolute Gasteiger partial charge is 0.573 e. The standard InChI is InChI=1S/C18H14ClF3N2O3S/c19-12-7-13(10-2-1-3-11(6-10)27-18(20,21)22)28-15(12)16(26)24-8-17(9-24)5-4-14(25)23-17/h1-3,6-7H,4-5,8-9H2,(H,23,25). The minimum atomic E-state index is -4.78. The highest BCUT2D eigenvalue weighted by Gasteiger charge is 2.49. The predicted octanol–water partition coefficient (Wildman–Crippen LogP) is 4.07. The van der Waals surface area contributed by atoms with E-state index >= 15 is 0 Å². The van der Waals surface area contributed by atoms with Crippen LogP contribution in [0, 0.1) is 0 Å². The van der Waals surface area contributed by atoms with Gasteiger partial charge in [-0.3, -0.25) is 9.59 Å². The number of amides is 2. The molecule has 148 valence electrons. The Labute approximate surface area is 167 Å². The van der Waals surface area contributed by atoms with Crippen molar-refractivity contribution in [1.82, 2.24) is 10.2 Å². The molecule has 0 atom stereocenters. The van der Waals surface area contributed by atoms with E-state index in [0.29, 0.717) is 41.2 Å². The zero-order chi connectivity index (χ0) is 20.1. The van der Waals surface area contributed by atoms with Crippen LogP contribution in [0.25, 0.3) is 10.4 Å². The molecular weight excluding hydrogens is 417 g/mol.